The number of hydrogen-bond acceptors (Lipinski definition) is 2. The highest BCUT2D eigenvalue weighted by Crippen LogP contribution is 2.09. The summed E-state index contributed by atoms with van der Waals surface area (Å²) in [6.45, 7) is -0.575. The molecule has 1 rings (SSSR count). The second-order valence-electron chi connectivity index (χ2n) is 1.43. The smallest absolute Gasteiger partial charge is 0.134 e. The summed E-state index contributed by atoms with van der Waals surface area (Å²) < 4.78 is 12.3. The molecule has 0 fully saturated rings. The first-order valence-corrected chi connectivity index (χ1v) is 3.15. The van der Waals surface area contributed by atoms with Crippen LogP contribution in [0.4, 0.5) is 4.39 Å². The molecule has 9 heavy (non-hydrogen) atoms. The van der Waals surface area contributed by atoms with E-state index in [-0.39, 0.29) is 0 Å². The minimum absolute atomic E-state index is 0.345. The van der Waals surface area contributed by atoms with Crippen molar-refractivity contribution >= 4 is 15.9 Å². The number of nitrogens with zero attached hydrogens (tertiary/aromatic N) is 2. The standard InChI is InChI=1S/C5H4BrFN2/c6-5-4(3-7)8-1-2-9-5/h1-2H,3H2. The molecule has 0 aliphatic heterocycles. The first-order valence-electron chi connectivity index (χ1n) is 2.36. The maximum atomic E-state index is 11.9. The molecule has 0 saturated heterocycles. The van der Waals surface area contributed by atoms with E-state index < -0.39 is 6.67 Å². The van der Waals surface area contributed by atoms with Gasteiger partial charge in [0.1, 0.15) is 17.0 Å². The fourth-order valence-electron chi connectivity index (χ4n) is 0.439. The van der Waals surface area contributed by atoms with E-state index in [2.05, 4.69) is 25.9 Å². The Morgan fingerprint density at radius 3 is 2.56 bits per heavy atom. The highest BCUT2D eigenvalue weighted by Gasteiger charge is 1.97. The van der Waals surface area contributed by atoms with Gasteiger partial charge in [-0.2, -0.15) is 0 Å². The zero-order valence-corrected chi connectivity index (χ0v) is 6.10. The van der Waals surface area contributed by atoms with Crippen LogP contribution < -0.4 is 0 Å². The van der Waals surface area contributed by atoms with Crippen molar-refractivity contribution in [2.45, 2.75) is 6.67 Å². The van der Waals surface area contributed by atoms with E-state index in [0.29, 0.717) is 10.3 Å². The van der Waals surface area contributed by atoms with Gasteiger partial charge in [-0.1, -0.05) is 0 Å². The SMILES string of the molecule is FCc1nccnc1Br. The minimum atomic E-state index is -0.575. The summed E-state index contributed by atoms with van der Waals surface area (Å²) in [5.41, 5.74) is 0.345. The quantitative estimate of drug-likeness (QED) is 0.675. The van der Waals surface area contributed by atoms with Crippen molar-refractivity contribution in [1.29, 1.82) is 0 Å². The molecule has 0 aromatic carbocycles. The molecule has 1 heterocycles. The van der Waals surface area contributed by atoms with Crippen LogP contribution in [0.25, 0.3) is 0 Å². The topological polar surface area (TPSA) is 25.8 Å². The Kier molecular flexibility index (Phi) is 2.10. The summed E-state index contributed by atoms with van der Waals surface area (Å²) in [6, 6.07) is 0. The maximum absolute atomic E-state index is 11.9. The molecular formula is C5H4BrFN2. The summed E-state index contributed by atoms with van der Waals surface area (Å²) in [7, 11) is 0. The molecule has 0 unspecified atom stereocenters. The van der Waals surface area contributed by atoms with Crippen LogP contribution >= 0.6 is 15.9 Å². The normalized spacial score (nSPS) is 9.56. The fourth-order valence-corrected chi connectivity index (χ4v) is 0.766. The van der Waals surface area contributed by atoms with E-state index in [0.717, 1.165) is 0 Å². The van der Waals surface area contributed by atoms with Crippen LogP contribution in [0.3, 0.4) is 0 Å². The lowest BCUT2D eigenvalue weighted by molar-refractivity contribution is 0.472. The largest absolute Gasteiger partial charge is 0.254 e. The Morgan fingerprint density at radius 2 is 2.11 bits per heavy atom. The Hall–Kier alpha value is -0.510. The third-order valence-electron chi connectivity index (χ3n) is 0.850. The molecule has 2 nitrogen and oxygen atoms in total. The van der Waals surface area contributed by atoms with Crippen molar-refractivity contribution < 1.29 is 4.39 Å². The molecule has 0 aliphatic rings. The summed E-state index contributed by atoms with van der Waals surface area (Å²) in [5, 5.41) is 0. The predicted octanol–water partition coefficient (Wildman–Crippen LogP) is 1.71. The third kappa shape index (κ3) is 1.45. The first-order chi connectivity index (χ1) is 4.34. The number of halogens is 2. The lowest BCUT2D eigenvalue weighted by atomic mass is 10.5. The van der Waals surface area contributed by atoms with Gasteiger partial charge in [-0.3, -0.25) is 4.98 Å². The van der Waals surface area contributed by atoms with Gasteiger partial charge in [-0.05, 0) is 15.9 Å². The van der Waals surface area contributed by atoms with Crippen molar-refractivity contribution in [1.82, 2.24) is 9.97 Å². The molecule has 0 saturated carbocycles. The Labute approximate surface area is 60.3 Å². The van der Waals surface area contributed by atoms with Crippen molar-refractivity contribution in [3.05, 3.63) is 22.7 Å². The fraction of sp³-hybridized carbons (Fsp3) is 0.200. The average Bonchev–Trinajstić information content (AvgIpc) is 1.89. The van der Waals surface area contributed by atoms with E-state index in [9.17, 15) is 4.39 Å². The number of alkyl halides is 1. The molecule has 48 valence electrons. The average molecular weight is 191 g/mol. The Balaban J connectivity index is 3.01. The van der Waals surface area contributed by atoms with Crippen LogP contribution in [-0.2, 0) is 6.67 Å². The number of hydrogen-bond donors (Lipinski definition) is 0. The van der Waals surface area contributed by atoms with E-state index in [1.54, 1.807) is 0 Å². The van der Waals surface area contributed by atoms with Gasteiger partial charge < -0.3 is 0 Å². The highest BCUT2D eigenvalue weighted by atomic mass is 79.9. The molecule has 0 radical (unpaired) electrons. The van der Waals surface area contributed by atoms with Crippen LogP contribution in [0.15, 0.2) is 17.0 Å². The van der Waals surface area contributed by atoms with Crippen LogP contribution in [0.5, 0.6) is 0 Å². The molecule has 0 spiro atoms. The maximum Gasteiger partial charge on any atom is 0.134 e. The highest BCUT2D eigenvalue weighted by molar-refractivity contribution is 9.10. The second-order valence-corrected chi connectivity index (χ2v) is 2.18. The van der Waals surface area contributed by atoms with Crippen molar-refractivity contribution in [2.24, 2.45) is 0 Å². The summed E-state index contributed by atoms with van der Waals surface area (Å²) >= 11 is 3.04. The first kappa shape index (κ1) is 6.61. The zero-order chi connectivity index (χ0) is 6.69. The monoisotopic (exact) mass is 190 g/mol. The van der Waals surface area contributed by atoms with Gasteiger partial charge in [0.05, 0.1) is 0 Å². The molecular weight excluding hydrogens is 187 g/mol. The van der Waals surface area contributed by atoms with Crippen LogP contribution in [0.1, 0.15) is 5.69 Å². The van der Waals surface area contributed by atoms with Gasteiger partial charge in [-0.25, -0.2) is 9.37 Å². The predicted molar refractivity (Wildman–Crippen MR) is 34.5 cm³/mol. The molecule has 0 aliphatic carbocycles. The van der Waals surface area contributed by atoms with Gasteiger partial charge in [0, 0.05) is 12.4 Å². The Morgan fingerprint density at radius 1 is 1.44 bits per heavy atom. The molecule has 1 aromatic rings. The lowest BCUT2D eigenvalue weighted by Crippen LogP contribution is -1.88. The van der Waals surface area contributed by atoms with E-state index in [1.807, 2.05) is 0 Å². The molecule has 0 atom stereocenters. The molecule has 0 N–H and O–H groups in total. The zero-order valence-electron chi connectivity index (χ0n) is 4.51. The summed E-state index contributed by atoms with van der Waals surface area (Å²) in [6.07, 6.45) is 2.96. The van der Waals surface area contributed by atoms with Crippen LogP contribution in [0, 0.1) is 0 Å². The molecule has 1 aromatic heterocycles. The molecule has 0 amide bonds. The van der Waals surface area contributed by atoms with Gasteiger partial charge in [0.15, 0.2) is 0 Å². The lowest BCUT2D eigenvalue weighted by Gasteiger charge is -1.92. The number of rotatable bonds is 1. The van der Waals surface area contributed by atoms with Crippen LogP contribution in [-0.4, -0.2) is 9.97 Å². The third-order valence-corrected chi connectivity index (χ3v) is 1.51. The number of aromatic nitrogens is 2. The van der Waals surface area contributed by atoms with E-state index in [4.69, 9.17) is 0 Å². The van der Waals surface area contributed by atoms with Gasteiger partial charge in [-0.15, -0.1) is 0 Å². The van der Waals surface area contributed by atoms with Gasteiger partial charge in [0.2, 0.25) is 0 Å². The second kappa shape index (κ2) is 2.87. The van der Waals surface area contributed by atoms with Crippen molar-refractivity contribution in [3.63, 3.8) is 0 Å². The summed E-state index contributed by atoms with van der Waals surface area (Å²) in [5.74, 6) is 0. The van der Waals surface area contributed by atoms with Gasteiger partial charge >= 0.3 is 0 Å². The van der Waals surface area contributed by atoms with E-state index in [1.165, 1.54) is 12.4 Å². The molecule has 0 bridgehead atoms. The van der Waals surface area contributed by atoms with E-state index >= 15 is 0 Å². The van der Waals surface area contributed by atoms with Crippen LogP contribution in [0.2, 0.25) is 0 Å². The minimum Gasteiger partial charge on any atom is -0.254 e. The van der Waals surface area contributed by atoms with Crippen molar-refractivity contribution in [2.75, 3.05) is 0 Å². The van der Waals surface area contributed by atoms with Gasteiger partial charge in [0.25, 0.3) is 0 Å². The summed E-state index contributed by atoms with van der Waals surface area (Å²) in [4.78, 5) is 7.48. The van der Waals surface area contributed by atoms with Crippen molar-refractivity contribution in [3.8, 4) is 0 Å². The Bertz CT molecular complexity index is 204. The molecule has 4 heteroatoms.